The van der Waals surface area contributed by atoms with Gasteiger partial charge in [-0.3, -0.25) is 4.79 Å². The van der Waals surface area contributed by atoms with Crippen molar-refractivity contribution in [3.05, 3.63) is 65.5 Å². The molecule has 0 aliphatic carbocycles. The van der Waals surface area contributed by atoms with Gasteiger partial charge in [0.2, 0.25) is 5.91 Å². The zero-order valence-corrected chi connectivity index (χ0v) is 20.5. The quantitative estimate of drug-likeness (QED) is 0.395. The minimum atomic E-state index is -0.0521. The highest BCUT2D eigenvalue weighted by Gasteiger charge is 2.16. The Morgan fingerprint density at radius 2 is 1.70 bits per heavy atom. The molecular weight excluding hydrogens is 436 g/mol. The first kappa shape index (κ1) is 24.6. The molecule has 1 N–H and O–H groups in total. The monoisotopic (exact) mass is 468 g/mol. The van der Waals surface area contributed by atoms with E-state index in [4.69, 9.17) is 9.47 Å². The number of hydrogen-bond acceptors (Lipinski definition) is 6. The lowest BCUT2D eigenvalue weighted by Gasteiger charge is -2.13. The van der Waals surface area contributed by atoms with E-state index in [1.54, 1.807) is 7.11 Å². The van der Waals surface area contributed by atoms with Crippen LogP contribution in [0.2, 0.25) is 0 Å². The molecule has 33 heavy (non-hydrogen) atoms. The van der Waals surface area contributed by atoms with Crippen LogP contribution in [0.4, 0.5) is 0 Å². The molecule has 0 saturated heterocycles. The van der Waals surface area contributed by atoms with Crippen molar-refractivity contribution in [3.8, 4) is 11.5 Å². The largest absolute Gasteiger partial charge is 0.497 e. The SMILES string of the molecule is CCc1ccc(OCc2nnc(SCC(=O)NCc3ccc(OC)cc3)n2CC(C)C)cc1. The van der Waals surface area contributed by atoms with Gasteiger partial charge in [0.05, 0.1) is 12.9 Å². The second-order valence-electron chi connectivity index (χ2n) is 8.10. The third-order valence-electron chi connectivity index (χ3n) is 5.02. The van der Waals surface area contributed by atoms with Gasteiger partial charge in [-0.1, -0.05) is 56.8 Å². The van der Waals surface area contributed by atoms with Gasteiger partial charge in [0.25, 0.3) is 0 Å². The first-order valence-electron chi connectivity index (χ1n) is 11.1. The summed E-state index contributed by atoms with van der Waals surface area (Å²) in [5.41, 5.74) is 2.29. The Hall–Kier alpha value is -3.00. The second-order valence-corrected chi connectivity index (χ2v) is 9.05. The number of rotatable bonds is 12. The van der Waals surface area contributed by atoms with E-state index in [-0.39, 0.29) is 11.7 Å². The van der Waals surface area contributed by atoms with Crippen LogP contribution in [0.25, 0.3) is 0 Å². The van der Waals surface area contributed by atoms with E-state index in [1.165, 1.54) is 17.3 Å². The van der Waals surface area contributed by atoms with E-state index in [1.807, 2.05) is 41.0 Å². The van der Waals surface area contributed by atoms with Crippen LogP contribution in [0.3, 0.4) is 0 Å². The molecule has 0 unspecified atom stereocenters. The van der Waals surface area contributed by atoms with Crippen molar-refractivity contribution < 1.29 is 14.3 Å². The molecule has 0 aliphatic heterocycles. The summed E-state index contributed by atoms with van der Waals surface area (Å²) in [5.74, 6) is 2.98. The molecule has 3 rings (SSSR count). The van der Waals surface area contributed by atoms with Gasteiger partial charge in [-0.2, -0.15) is 0 Å². The average Bonchev–Trinajstić information content (AvgIpc) is 3.21. The van der Waals surface area contributed by atoms with Crippen molar-refractivity contribution in [2.45, 2.75) is 52.0 Å². The Balaban J connectivity index is 1.55. The molecule has 0 spiro atoms. The van der Waals surface area contributed by atoms with E-state index in [9.17, 15) is 4.79 Å². The van der Waals surface area contributed by atoms with E-state index >= 15 is 0 Å². The van der Waals surface area contributed by atoms with Crippen LogP contribution in [-0.4, -0.2) is 33.5 Å². The lowest BCUT2D eigenvalue weighted by atomic mass is 10.2. The van der Waals surface area contributed by atoms with Gasteiger partial charge in [-0.25, -0.2) is 0 Å². The number of carbonyl (C=O) groups excluding carboxylic acids is 1. The third-order valence-corrected chi connectivity index (χ3v) is 5.99. The number of hydrogen-bond donors (Lipinski definition) is 1. The number of aromatic nitrogens is 3. The van der Waals surface area contributed by atoms with Crippen molar-refractivity contribution in [1.29, 1.82) is 0 Å². The number of aryl methyl sites for hydroxylation is 1. The lowest BCUT2D eigenvalue weighted by Crippen LogP contribution is -2.24. The number of amides is 1. The van der Waals surface area contributed by atoms with Crippen LogP contribution in [0, 0.1) is 5.92 Å². The highest BCUT2D eigenvalue weighted by Crippen LogP contribution is 2.20. The van der Waals surface area contributed by atoms with Crippen LogP contribution in [0.1, 0.15) is 37.7 Å². The normalized spacial score (nSPS) is 10.9. The maximum Gasteiger partial charge on any atom is 0.230 e. The van der Waals surface area contributed by atoms with Crippen LogP contribution in [-0.2, 0) is 30.9 Å². The molecule has 176 valence electrons. The maximum absolute atomic E-state index is 12.4. The summed E-state index contributed by atoms with van der Waals surface area (Å²) < 4.78 is 13.1. The molecule has 1 aromatic heterocycles. The van der Waals surface area contributed by atoms with Crippen molar-refractivity contribution in [2.75, 3.05) is 12.9 Å². The third kappa shape index (κ3) is 7.53. The first-order chi connectivity index (χ1) is 16.0. The van der Waals surface area contributed by atoms with Crippen LogP contribution >= 0.6 is 11.8 Å². The summed E-state index contributed by atoms with van der Waals surface area (Å²) in [6.45, 7) is 7.97. The van der Waals surface area contributed by atoms with Gasteiger partial charge in [0, 0.05) is 13.1 Å². The zero-order valence-electron chi connectivity index (χ0n) is 19.7. The average molecular weight is 469 g/mol. The number of methoxy groups -OCH3 is 1. The Labute approximate surface area is 199 Å². The lowest BCUT2D eigenvalue weighted by molar-refractivity contribution is -0.118. The molecule has 8 heteroatoms. The van der Waals surface area contributed by atoms with Crippen LogP contribution in [0.5, 0.6) is 11.5 Å². The van der Waals surface area contributed by atoms with Gasteiger partial charge in [-0.05, 0) is 47.7 Å². The summed E-state index contributed by atoms with van der Waals surface area (Å²) in [6, 6.07) is 15.7. The molecule has 0 bridgehead atoms. The molecule has 0 aliphatic rings. The van der Waals surface area contributed by atoms with Crippen LogP contribution in [0.15, 0.2) is 53.7 Å². The standard InChI is InChI=1S/C25H32N4O3S/c1-5-19-6-12-22(13-7-19)32-16-23-27-28-25(29(23)15-18(2)3)33-17-24(30)26-14-20-8-10-21(31-4)11-9-20/h6-13,18H,5,14-17H2,1-4H3,(H,26,30). The molecule has 0 fully saturated rings. The van der Waals surface area contributed by atoms with Crippen LogP contribution < -0.4 is 14.8 Å². The van der Waals surface area contributed by atoms with Gasteiger partial charge in [0.1, 0.15) is 18.1 Å². The smallest absolute Gasteiger partial charge is 0.230 e. The van der Waals surface area contributed by atoms with Gasteiger partial charge in [-0.15, -0.1) is 10.2 Å². The fourth-order valence-corrected chi connectivity index (χ4v) is 3.97. The van der Waals surface area contributed by atoms with E-state index in [0.717, 1.165) is 41.0 Å². The highest BCUT2D eigenvalue weighted by atomic mass is 32.2. The molecular formula is C25H32N4O3S. The molecule has 0 atom stereocenters. The van der Waals surface area contributed by atoms with Crippen molar-refractivity contribution in [2.24, 2.45) is 5.92 Å². The van der Waals surface area contributed by atoms with Crippen molar-refractivity contribution in [1.82, 2.24) is 20.1 Å². The van der Waals surface area contributed by atoms with Gasteiger partial charge >= 0.3 is 0 Å². The minimum Gasteiger partial charge on any atom is -0.497 e. The first-order valence-corrected chi connectivity index (χ1v) is 12.1. The number of ether oxygens (including phenoxy) is 2. The summed E-state index contributed by atoms with van der Waals surface area (Å²) in [4.78, 5) is 12.4. The van der Waals surface area contributed by atoms with E-state index in [0.29, 0.717) is 19.1 Å². The zero-order chi connectivity index (χ0) is 23.6. The summed E-state index contributed by atoms with van der Waals surface area (Å²) in [7, 11) is 1.63. The molecule has 1 amide bonds. The number of carbonyl (C=O) groups is 1. The molecule has 7 nitrogen and oxygen atoms in total. The van der Waals surface area contributed by atoms with Crippen molar-refractivity contribution in [3.63, 3.8) is 0 Å². The number of nitrogens with zero attached hydrogens (tertiary/aromatic N) is 3. The fraction of sp³-hybridized carbons (Fsp3) is 0.400. The number of benzene rings is 2. The Morgan fingerprint density at radius 3 is 2.33 bits per heavy atom. The van der Waals surface area contributed by atoms with E-state index < -0.39 is 0 Å². The fourth-order valence-electron chi connectivity index (χ4n) is 3.18. The Morgan fingerprint density at radius 1 is 1.03 bits per heavy atom. The molecule has 1 heterocycles. The predicted octanol–water partition coefficient (Wildman–Crippen LogP) is 4.49. The van der Waals surface area contributed by atoms with E-state index in [2.05, 4.69) is 48.4 Å². The maximum atomic E-state index is 12.4. The van der Waals surface area contributed by atoms with Crippen molar-refractivity contribution >= 4 is 17.7 Å². The molecule has 0 saturated carbocycles. The number of nitrogens with one attached hydrogen (secondary N) is 1. The summed E-state index contributed by atoms with van der Waals surface area (Å²) >= 11 is 1.39. The van der Waals surface area contributed by atoms with Gasteiger partial charge < -0.3 is 19.4 Å². The predicted molar refractivity (Wildman–Crippen MR) is 131 cm³/mol. The molecule has 3 aromatic rings. The summed E-state index contributed by atoms with van der Waals surface area (Å²) in [6.07, 6.45) is 0.997. The summed E-state index contributed by atoms with van der Waals surface area (Å²) in [5, 5.41) is 12.3. The minimum absolute atomic E-state index is 0.0521. The Kier molecular flexibility index (Phi) is 9.18. The Bertz CT molecular complexity index is 1020. The second kappa shape index (κ2) is 12.3. The highest BCUT2D eigenvalue weighted by molar-refractivity contribution is 7.99. The molecule has 0 radical (unpaired) electrons. The van der Waals surface area contributed by atoms with Gasteiger partial charge in [0.15, 0.2) is 11.0 Å². The molecule has 2 aromatic carbocycles. The number of thioether (sulfide) groups is 1. The topological polar surface area (TPSA) is 78.3 Å².